The van der Waals surface area contributed by atoms with E-state index in [9.17, 15) is 4.79 Å². The van der Waals surface area contributed by atoms with Gasteiger partial charge >= 0.3 is 6.03 Å². The first-order chi connectivity index (χ1) is 10.4. The van der Waals surface area contributed by atoms with E-state index in [4.69, 9.17) is 10.8 Å². The Morgan fingerprint density at radius 3 is 2.86 bits per heavy atom. The number of hydrogen-bond acceptors (Lipinski definition) is 5. The summed E-state index contributed by atoms with van der Waals surface area (Å²) in [6, 6.07) is -0.0479. The number of urea groups is 1. The standard InChI is InChI=1S/C15H23N5O2/c1-5-8-19(4)9-6-7-16-14(21)20-10-15(3,11-20)13-18-17-12(2)22-13/h1H,6-11H2,2-4H3,(H,16,21). The van der Waals surface area contributed by atoms with Gasteiger partial charge in [0.05, 0.1) is 12.0 Å². The Hall–Kier alpha value is -2.07. The summed E-state index contributed by atoms with van der Waals surface area (Å²) in [6.45, 7) is 7.11. The van der Waals surface area contributed by atoms with Crippen molar-refractivity contribution >= 4 is 6.03 Å². The van der Waals surface area contributed by atoms with E-state index in [1.165, 1.54) is 0 Å². The second-order valence-corrected chi connectivity index (χ2v) is 6.07. The molecule has 0 spiro atoms. The van der Waals surface area contributed by atoms with Crippen LogP contribution in [0.25, 0.3) is 0 Å². The lowest BCUT2D eigenvalue weighted by Crippen LogP contribution is -2.62. The monoisotopic (exact) mass is 305 g/mol. The summed E-state index contributed by atoms with van der Waals surface area (Å²) in [5, 5.41) is 10.8. The van der Waals surface area contributed by atoms with Gasteiger partial charge in [0.15, 0.2) is 0 Å². The molecule has 1 saturated heterocycles. The second-order valence-electron chi connectivity index (χ2n) is 6.07. The van der Waals surface area contributed by atoms with E-state index in [2.05, 4.69) is 21.4 Å². The summed E-state index contributed by atoms with van der Waals surface area (Å²) in [4.78, 5) is 15.8. The summed E-state index contributed by atoms with van der Waals surface area (Å²) < 4.78 is 5.46. The molecular weight excluding hydrogens is 282 g/mol. The van der Waals surface area contributed by atoms with Crippen LogP contribution in [0.4, 0.5) is 4.79 Å². The van der Waals surface area contributed by atoms with Crippen molar-refractivity contribution in [1.29, 1.82) is 0 Å². The summed E-state index contributed by atoms with van der Waals surface area (Å²) in [5.41, 5.74) is -0.231. The third-order valence-electron chi connectivity index (χ3n) is 3.76. The van der Waals surface area contributed by atoms with Crippen LogP contribution < -0.4 is 5.32 Å². The molecule has 0 saturated carbocycles. The molecule has 22 heavy (non-hydrogen) atoms. The molecule has 0 atom stereocenters. The molecular formula is C15H23N5O2. The maximum atomic E-state index is 12.0. The highest BCUT2D eigenvalue weighted by Gasteiger charge is 2.46. The van der Waals surface area contributed by atoms with Crippen molar-refractivity contribution in [1.82, 2.24) is 25.3 Å². The van der Waals surface area contributed by atoms with Gasteiger partial charge in [-0.05, 0) is 20.4 Å². The molecule has 2 rings (SSSR count). The van der Waals surface area contributed by atoms with Gasteiger partial charge < -0.3 is 14.6 Å². The number of terminal acetylenes is 1. The molecule has 2 amide bonds. The number of carbonyl (C=O) groups excluding carboxylic acids is 1. The number of carbonyl (C=O) groups is 1. The molecule has 7 nitrogen and oxygen atoms in total. The van der Waals surface area contributed by atoms with Crippen molar-refractivity contribution in [3.63, 3.8) is 0 Å². The first kappa shape index (κ1) is 16.3. The van der Waals surface area contributed by atoms with Gasteiger partial charge in [-0.15, -0.1) is 16.6 Å². The molecule has 0 aliphatic carbocycles. The topological polar surface area (TPSA) is 74.5 Å². The van der Waals surface area contributed by atoms with E-state index >= 15 is 0 Å². The third-order valence-corrected chi connectivity index (χ3v) is 3.76. The zero-order chi connectivity index (χ0) is 16.2. The van der Waals surface area contributed by atoms with E-state index in [1.807, 2.05) is 18.9 Å². The Kier molecular flexibility index (Phi) is 5.03. The van der Waals surface area contributed by atoms with Gasteiger partial charge in [0.2, 0.25) is 11.8 Å². The Labute approximate surface area is 131 Å². The lowest BCUT2D eigenvalue weighted by atomic mass is 9.82. The molecule has 1 aliphatic heterocycles. The number of nitrogens with zero attached hydrogens (tertiary/aromatic N) is 4. The number of likely N-dealkylation sites (tertiary alicyclic amines) is 1. The number of hydrogen-bond donors (Lipinski definition) is 1. The highest BCUT2D eigenvalue weighted by atomic mass is 16.4. The molecule has 0 radical (unpaired) electrons. The van der Waals surface area contributed by atoms with Crippen molar-refractivity contribution in [3.8, 4) is 12.3 Å². The van der Waals surface area contributed by atoms with Crippen LogP contribution >= 0.6 is 0 Å². The molecule has 1 aliphatic rings. The second kappa shape index (κ2) is 6.79. The van der Waals surface area contributed by atoms with Gasteiger partial charge in [0.1, 0.15) is 0 Å². The molecule has 1 aromatic rings. The molecule has 120 valence electrons. The fraction of sp³-hybridized carbons (Fsp3) is 0.667. The molecule has 0 unspecified atom stereocenters. The number of aromatic nitrogens is 2. The van der Waals surface area contributed by atoms with Gasteiger partial charge in [-0.2, -0.15) is 0 Å². The van der Waals surface area contributed by atoms with Crippen molar-refractivity contribution in [2.45, 2.75) is 25.7 Å². The van der Waals surface area contributed by atoms with Crippen molar-refractivity contribution in [2.75, 3.05) is 39.8 Å². The van der Waals surface area contributed by atoms with Gasteiger partial charge in [-0.3, -0.25) is 4.90 Å². The first-order valence-electron chi connectivity index (χ1n) is 7.40. The van der Waals surface area contributed by atoms with Crippen molar-refractivity contribution < 1.29 is 9.21 Å². The fourth-order valence-electron chi connectivity index (χ4n) is 2.51. The molecule has 1 fully saturated rings. The van der Waals surface area contributed by atoms with Crippen LogP contribution in [-0.4, -0.2) is 65.8 Å². The first-order valence-corrected chi connectivity index (χ1v) is 7.40. The van der Waals surface area contributed by atoms with Crippen LogP contribution in [0.2, 0.25) is 0 Å². The summed E-state index contributed by atoms with van der Waals surface area (Å²) in [5.74, 6) is 3.74. The minimum atomic E-state index is -0.231. The minimum absolute atomic E-state index is 0.0479. The van der Waals surface area contributed by atoms with Crippen LogP contribution in [0.3, 0.4) is 0 Å². The Morgan fingerprint density at radius 2 is 2.27 bits per heavy atom. The van der Waals surface area contributed by atoms with Crippen LogP contribution in [0.5, 0.6) is 0 Å². The van der Waals surface area contributed by atoms with Gasteiger partial charge in [0.25, 0.3) is 0 Å². The zero-order valence-corrected chi connectivity index (χ0v) is 13.4. The van der Waals surface area contributed by atoms with Crippen LogP contribution in [0.1, 0.15) is 25.1 Å². The highest BCUT2D eigenvalue weighted by molar-refractivity contribution is 5.75. The minimum Gasteiger partial charge on any atom is -0.425 e. The Bertz CT molecular complexity index is 557. The largest absolute Gasteiger partial charge is 0.425 e. The van der Waals surface area contributed by atoms with E-state index in [-0.39, 0.29) is 11.4 Å². The Balaban J connectivity index is 1.68. The molecule has 2 heterocycles. The number of nitrogens with one attached hydrogen (secondary N) is 1. The molecule has 1 aromatic heterocycles. The number of amides is 2. The Morgan fingerprint density at radius 1 is 1.55 bits per heavy atom. The summed E-state index contributed by atoms with van der Waals surface area (Å²) in [7, 11) is 1.97. The quantitative estimate of drug-likeness (QED) is 0.616. The average molecular weight is 305 g/mol. The number of rotatable bonds is 6. The normalized spacial score (nSPS) is 16.2. The predicted octanol–water partition coefficient (Wildman–Crippen LogP) is 0.616. The van der Waals surface area contributed by atoms with E-state index in [1.54, 1.807) is 11.8 Å². The maximum Gasteiger partial charge on any atom is 0.317 e. The van der Waals surface area contributed by atoms with Crippen LogP contribution in [0.15, 0.2) is 4.42 Å². The SMILES string of the molecule is C#CCN(C)CCCNC(=O)N1CC(C)(c2nnc(C)o2)C1. The van der Waals surface area contributed by atoms with Crippen LogP contribution in [-0.2, 0) is 5.41 Å². The zero-order valence-electron chi connectivity index (χ0n) is 13.4. The molecule has 1 N–H and O–H groups in total. The summed E-state index contributed by atoms with van der Waals surface area (Å²) >= 11 is 0. The molecule has 0 aromatic carbocycles. The van der Waals surface area contributed by atoms with Crippen LogP contribution in [0, 0.1) is 19.3 Å². The van der Waals surface area contributed by atoms with E-state index in [0.29, 0.717) is 38.0 Å². The molecule has 0 bridgehead atoms. The summed E-state index contributed by atoms with van der Waals surface area (Å²) in [6.07, 6.45) is 6.11. The maximum absolute atomic E-state index is 12.0. The van der Waals surface area contributed by atoms with E-state index in [0.717, 1.165) is 13.0 Å². The van der Waals surface area contributed by atoms with Crippen molar-refractivity contribution in [3.05, 3.63) is 11.8 Å². The lowest BCUT2D eigenvalue weighted by Gasteiger charge is -2.45. The van der Waals surface area contributed by atoms with Gasteiger partial charge in [-0.25, -0.2) is 4.79 Å². The number of aryl methyl sites for hydroxylation is 1. The highest BCUT2D eigenvalue weighted by Crippen LogP contribution is 2.32. The average Bonchev–Trinajstić information content (AvgIpc) is 2.87. The fourth-order valence-corrected chi connectivity index (χ4v) is 2.51. The predicted molar refractivity (Wildman–Crippen MR) is 82.3 cm³/mol. The molecule has 7 heteroatoms. The van der Waals surface area contributed by atoms with Gasteiger partial charge in [-0.1, -0.05) is 5.92 Å². The smallest absolute Gasteiger partial charge is 0.317 e. The third kappa shape index (κ3) is 3.77. The van der Waals surface area contributed by atoms with Gasteiger partial charge in [0, 0.05) is 33.1 Å². The van der Waals surface area contributed by atoms with Crippen molar-refractivity contribution in [2.24, 2.45) is 0 Å². The lowest BCUT2D eigenvalue weighted by molar-refractivity contribution is 0.0840. The van der Waals surface area contributed by atoms with E-state index < -0.39 is 0 Å².